The number of nitrogens with zero attached hydrogens (tertiary/aromatic N) is 2. The molecule has 8 rings (SSSR count). The van der Waals surface area contributed by atoms with Gasteiger partial charge in [0.25, 0.3) is 5.69 Å². The summed E-state index contributed by atoms with van der Waals surface area (Å²) in [6.45, 7) is 0.00660. The van der Waals surface area contributed by atoms with Crippen LogP contribution >= 0.6 is 0 Å². The van der Waals surface area contributed by atoms with E-state index in [0.29, 0.717) is 28.0 Å². The number of hydrogen-bond donors (Lipinski definition) is 0. The number of benzene rings is 7. The van der Waals surface area contributed by atoms with Crippen molar-refractivity contribution in [3.8, 4) is 11.8 Å². The molecule has 456 valence electrons. The van der Waals surface area contributed by atoms with Crippen LogP contribution in [0.15, 0.2) is 164 Å². The Bertz CT molecular complexity index is 3490. The van der Waals surface area contributed by atoms with Crippen molar-refractivity contribution in [1.29, 1.82) is 5.26 Å². The largest absolute Gasteiger partial charge is 0.419 e. The van der Waals surface area contributed by atoms with E-state index in [9.17, 15) is 115 Å². The van der Waals surface area contributed by atoms with Crippen LogP contribution in [0.1, 0.15) is 70.9 Å². The summed E-state index contributed by atoms with van der Waals surface area (Å²) in [5, 5.41) is 10.5. The predicted molar refractivity (Wildman–Crippen MR) is 261 cm³/mol. The number of hydrogen-bond acceptors (Lipinski definition) is 4. The second-order valence-corrected chi connectivity index (χ2v) is 18.9. The van der Waals surface area contributed by atoms with Crippen LogP contribution in [0.4, 0.5) is 105 Å². The summed E-state index contributed by atoms with van der Waals surface area (Å²) in [5.41, 5.74) is -28.9. The molecular formula is C57H29BF24N2O3. The SMILES string of the molecule is FC(F)(F)c1cc([B-](c2cc(C(F)(F)F)cc(C(F)(F)F)c2)(c2cc(C(F)(F)F)cc(C(F)(F)F)c2)c2cc(C(F)(F)F)cc(C(F)(F)F)c2)cc(C(F)(F)F)c1.N#Cc1ccc(OC(=O)c2c3ccccc3cc[n+]2CC(=O)c2ccccc2)cc1. The van der Waals surface area contributed by atoms with E-state index in [1.807, 2.05) is 42.5 Å². The minimum absolute atomic E-state index is 0.00660. The van der Waals surface area contributed by atoms with Gasteiger partial charge in [0.2, 0.25) is 12.3 Å². The van der Waals surface area contributed by atoms with Gasteiger partial charge >= 0.3 is 55.4 Å². The van der Waals surface area contributed by atoms with Crippen LogP contribution in [0.25, 0.3) is 10.8 Å². The summed E-state index contributed by atoms with van der Waals surface area (Å²) < 4.78 is 348. The molecule has 0 N–H and O–H groups in total. The highest BCUT2D eigenvalue weighted by molar-refractivity contribution is 7.20. The zero-order valence-corrected chi connectivity index (χ0v) is 42.6. The third kappa shape index (κ3) is 14.8. The smallest absolute Gasteiger partial charge is 0.416 e. The third-order valence-electron chi connectivity index (χ3n) is 13.2. The van der Waals surface area contributed by atoms with Crippen LogP contribution in [-0.2, 0) is 56.0 Å². The Labute approximate surface area is 472 Å². The van der Waals surface area contributed by atoms with Gasteiger partial charge < -0.3 is 4.74 Å². The van der Waals surface area contributed by atoms with Gasteiger partial charge in [0.1, 0.15) is 11.9 Å². The maximum absolute atomic E-state index is 14.2. The molecule has 5 nitrogen and oxygen atoms in total. The van der Waals surface area contributed by atoms with Crippen molar-refractivity contribution >= 4 is 50.5 Å². The Kier molecular flexibility index (Phi) is 17.6. The molecule has 0 atom stereocenters. The molecule has 0 spiro atoms. The zero-order valence-electron chi connectivity index (χ0n) is 42.6. The second-order valence-electron chi connectivity index (χ2n) is 18.9. The van der Waals surface area contributed by atoms with Crippen molar-refractivity contribution in [2.75, 3.05) is 0 Å². The zero-order chi connectivity index (χ0) is 64.8. The average molecular weight is 1260 g/mol. The highest BCUT2D eigenvalue weighted by Crippen LogP contribution is 2.42. The Morgan fingerprint density at radius 2 is 0.713 bits per heavy atom. The summed E-state index contributed by atoms with van der Waals surface area (Å²) in [6, 6.07) is 17.8. The molecule has 1 aromatic heterocycles. The first-order valence-corrected chi connectivity index (χ1v) is 24.0. The predicted octanol–water partition coefficient (Wildman–Crippen LogP) is 15.3. The molecular weight excluding hydrogens is 1230 g/mol. The maximum atomic E-state index is 14.2. The lowest BCUT2D eigenvalue weighted by molar-refractivity contribution is -0.684. The van der Waals surface area contributed by atoms with Gasteiger partial charge in [-0.2, -0.15) is 137 Å². The monoisotopic (exact) mass is 1260 g/mol. The number of esters is 1. The molecule has 0 amide bonds. The average Bonchev–Trinajstić information content (AvgIpc) is 0.721. The van der Waals surface area contributed by atoms with E-state index < -0.39 is 201 Å². The number of ketones is 1. The maximum Gasteiger partial charge on any atom is 0.416 e. The molecule has 0 bridgehead atoms. The molecule has 30 heteroatoms. The fourth-order valence-electron chi connectivity index (χ4n) is 9.31. The second kappa shape index (κ2) is 23.3. The topological polar surface area (TPSA) is 71.0 Å². The van der Waals surface area contributed by atoms with E-state index in [0.717, 1.165) is 5.39 Å². The van der Waals surface area contributed by atoms with Gasteiger partial charge in [-0.05, 0) is 60.0 Å². The molecule has 8 aromatic rings. The van der Waals surface area contributed by atoms with E-state index in [-0.39, 0.29) is 12.3 Å². The Morgan fingerprint density at radius 1 is 0.402 bits per heavy atom. The number of pyridine rings is 1. The van der Waals surface area contributed by atoms with Crippen molar-refractivity contribution in [1.82, 2.24) is 0 Å². The van der Waals surface area contributed by atoms with Crippen LogP contribution in [0.5, 0.6) is 5.75 Å². The molecule has 0 aliphatic rings. The molecule has 0 saturated heterocycles. The fourth-order valence-corrected chi connectivity index (χ4v) is 9.31. The van der Waals surface area contributed by atoms with E-state index in [1.165, 1.54) is 0 Å². The molecule has 0 fully saturated rings. The number of halogens is 24. The number of carbonyl (C=O) groups is 2. The van der Waals surface area contributed by atoms with Crippen LogP contribution in [0.3, 0.4) is 0 Å². The highest BCUT2D eigenvalue weighted by Gasteiger charge is 2.47. The van der Waals surface area contributed by atoms with Gasteiger partial charge in [-0.3, -0.25) is 4.79 Å². The highest BCUT2D eigenvalue weighted by atomic mass is 19.4. The standard InChI is InChI=1S/C32H12BF24.C25H17N2O3/c34-25(35,36)13-1-14(26(37,38)39)6-21(5-13)33(22-7-15(27(40,41)42)2-16(8-22)28(43,44)45,23-9-17(29(46,47)48)3-18(10-23)30(49,50)51)24-11-19(31(52,53)54)4-20(12-24)32(55,56)57;26-16-18-10-12-21(13-11-18)30-25(29)24-22-9-5-4-6-19(22)14-15-27(24)17-23(28)20-7-2-1-3-8-20/h1-12H;1-15H,17H2/q-1;+1. The van der Waals surface area contributed by atoms with Crippen molar-refractivity contribution < 1.29 is 124 Å². The van der Waals surface area contributed by atoms with Crippen molar-refractivity contribution in [2.24, 2.45) is 0 Å². The molecule has 0 saturated carbocycles. The lowest BCUT2D eigenvalue weighted by Crippen LogP contribution is -2.75. The third-order valence-corrected chi connectivity index (χ3v) is 13.2. The van der Waals surface area contributed by atoms with Gasteiger partial charge in [-0.25, -0.2) is 4.79 Å². The van der Waals surface area contributed by atoms with Crippen LogP contribution in [-0.4, -0.2) is 17.9 Å². The van der Waals surface area contributed by atoms with Crippen LogP contribution < -0.4 is 31.2 Å². The first-order valence-electron chi connectivity index (χ1n) is 24.0. The number of Topliss-reactive ketones (excluding diaryl/α,β-unsaturated/α-hetero) is 1. The number of alkyl halides is 24. The number of aromatic nitrogens is 1. The summed E-state index contributed by atoms with van der Waals surface area (Å²) >= 11 is 0. The summed E-state index contributed by atoms with van der Waals surface area (Å²) in [5.74, 6) is -0.353. The van der Waals surface area contributed by atoms with Gasteiger partial charge in [0.15, 0.2) is 6.20 Å². The van der Waals surface area contributed by atoms with Crippen molar-refractivity contribution in [3.63, 3.8) is 0 Å². The first-order chi connectivity index (χ1) is 39.9. The first kappa shape index (κ1) is 65.5. The van der Waals surface area contributed by atoms with Crippen molar-refractivity contribution in [2.45, 2.75) is 56.0 Å². The normalized spacial score (nSPS) is 13.0. The van der Waals surface area contributed by atoms with Crippen LogP contribution in [0, 0.1) is 11.3 Å². The Balaban J connectivity index is 0.000000300. The summed E-state index contributed by atoms with van der Waals surface area (Å²) in [7, 11) is 0. The Morgan fingerprint density at radius 3 is 1.02 bits per heavy atom. The summed E-state index contributed by atoms with van der Waals surface area (Å²) in [6.07, 6.45) is -53.1. The number of ether oxygens (including phenoxy) is 1. The number of carbonyl (C=O) groups excluding carboxylic acids is 2. The quantitative estimate of drug-likeness (QED) is 0.0361. The molecule has 7 aromatic carbocycles. The molecule has 0 radical (unpaired) electrons. The van der Waals surface area contributed by atoms with Gasteiger partial charge in [-0.15, -0.1) is 0 Å². The molecule has 1 heterocycles. The van der Waals surface area contributed by atoms with E-state index >= 15 is 0 Å². The van der Waals surface area contributed by atoms with Gasteiger partial charge in [0, 0.05) is 11.6 Å². The molecule has 0 aliphatic carbocycles. The minimum Gasteiger partial charge on any atom is -0.419 e. The van der Waals surface area contributed by atoms with Crippen LogP contribution in [0.2, 0.25) is 0 Å². The number of fused-ring (bicyclic) bond motifs is 1. The summed E-state index contributed by atoms with van der Waals surface area (Å²) in [4.78, 5) is 25.9. The lowest BCUT2D eigenvalue weighted by Gasteiger charge is -2.46. The molecule has 0 aliphatic heterocycles. The lowest BCUT2D eigenvalue weighted by atomic mass is 9.12. The molecule has 87 heavy (non-hydrogen) atoms. The van der Waals surface area contributed by atoms with E-state index in [1.54, 1.807) is 59.3 Å². The van der Waals surface area contributed by atoms with E-state index in [4.69, 9.17) is 10.00 Å². The van der Waals surface area contributed by atoms with Gasteiger partial charge in [-0.1, -0.05) is 97.1 Å². The fraction of sp³-hybridized carbons (Fsp3) is 0.158. The minimum atomic E-state index is -6.13. The number of nitriles is 1. The Hall–Kier alpha value is -9.04. The van der Waals surface area contributed by atoms with Gasteiger partial charge in [0.05, 0.1) is 61.5 Å². The van der Waals surface area contributed by atoms with E-state index in [2.05, 4.69) is 0 Å². The molecule has 0 unspecified atom stereocenters. The van der Waals surface area contributed by atoms with Crippen molar-refractivity contribution in [3.05, 3.63) is 225 Å². The number of rotatable bonds is 9.